The third-order valence-corrected chi connectivity index (χ3v) is 1.96. The Labute approximate surface area is 88.1 Å². The lowest BCUT2D eigenvalue weighted by Crippen LogP contribution is -2.14. The lowest BCUT2D eigenvalue weighted by Gasteiger charge is -2.04. The molecule has 0 aliphatic rings. The van der Waals surface area contributed by atoms with Crippen LogP contribution in [0.1, 0.15) is 11.1 Å². The number of hydroxylamine groups is 1. The minimum atomic E-state index is -0.552. The molecule has 2 N–H and O–H groups in total. The van der Waals surface area contributed by atoms with Crippen LogP contribution in [0, 0.1) is 6.92 Å². The number of hydrogen-bond donors (Lipinski definition) is 2. The lowest BCUT2D eigenvalue weighted by molar-refractivity contribution is -0.124. The first-order valence-electron chi connectivity index (χ1n) is 4.44. The molecule has 0 unspecified atom stereocenters. The second kappa shape index (κ2) is 5.17. The molecule has 0 aromatic heterocycles. The van der Waals surface area contributed by atoms with Gasteiger partial charge in [0.1, 0.15) is 5.75 Å². The molecule has 80 valence electrons. The van der Waals surface area contributed by atoms with E-state index in [0.29, 0.717) is 0 Å². The maximum atomic E-state index is 10.7. The molecule has 15 heavy (non-hydrogen) atoms. The first-order valence-corrected chi connectivity index (χ1v) is 4.44. The predicted octanol–water partition coefficient (Wildman–Crippen LogP) is 1.52. The van der Waals surface area contributed by atoms with Crippen molar-refractivity contribution in [1.82, 2.24) is 5.48 Å². The molecular formula is C11H13NO3. The quantitative estimate of drug-likeness (QED) is 0.449. The summed E-state index contributed by atoms with van der Waals surface area (Å²) in [5, 5.41) is 8.28. The van der Waals surface area contributed by atoms with Gasteiger partial charge in [0.2, 0.25) is 0 Å². The highest BCUT2D eigenvalue weighted by Gasteiger charge is 1.97. The van der Waals surface area contributed by atoms with Gasteiger partial charge in [0, 0.05) is 6.08 Å². The molecule has 4 nitrogen and oxygen atoms in total. The standard InChI is InChI=1S/C11H13NO3/c1-8-7-9(3-5-10(8)15-2)4-6-11(13)12-14/h3-7,14H,1-2H3,(H,12,13)/b6-4+. The fraction of sp³-hybridized carbons (Fsp3) is 0.182. The fourth-order valence-corrected chi connectivity index (χ4v) is 1.21. The maximum absolute atomic E-state index is 10.7. The fourth-order valence-electron chi connectivity index (χ4n) is 1.21. The summed E-state index contributed by atoms with van der Waals surface area (Å²) >= 11 is 0. The number of methoxy groups -OCH3 is 1. The van der Waals surface area contributed by atoms with Gasteiger partial charge in [-0.15, -0.1) is 0 Å². The maximum Gasteiger partial charge on any atom is 0.267 e. The highest BCUT2D eigenvalue weighted by molar-refractivity contribution is 5.90. The van der Waals surface area contributed by atoms with Gasteiger partial charge >= 0.3 is 0 Å². The Morgan fingerprint density at radius 1 is 1.53 bits per heavy atom. The molecule has 0 aliphatic heterocycles. The predicted molar refractivity (Wildman–Crippen MR) is 56.7 cm³/mol. The average Bonchev–Trinajstić information content (AvgIpc) is 2.26. The Hall–Kier alpha value is -1.81. The molecule has 1 rings (SSSR count). The minimum absolute atomic E-state index is 0.552. The monoisotopic (exact) mass is 207 g/mol. The summed E-state index contributed by atoms with van der Waals surface area (Å²) < 4.78 is 5.10. The van der Waals surface area contributed by atoms with Crippen LogP contribution in [0.5, 0.6) is 5.75 Å². The van der Waals surface area contributed by atoms with E-state index >= 15 is 0 Å². The number of aryl methyl sites for hydroxylation is 1. The van der Waals surface area contributed by atoms with Crippen molar-refractivity contribution in [3.8, 4) is 5.75 Å². The SMILES string of the molecule is COc1ccc(/C=C/C(=O)NO)cc1C. The van der Waals surface area contributed by atoms with Crippen molar-refractivity contribution in [2.75, 3.05) is 7.11 Å². The number of carbonyl (C=O) groups excluding carboxylic acids is 1. The summed E-state index contributed by atoms with van der Waals surface area (Å²) in [7, 11) is 1.61. The summed E-state index contributed by atoms with van der Waals surface area (Å²) in [6.07, 6.45) is 2.86. The van der Waals surface area contributed by atoms with Crippen molar-refractivity contribution in [3.05, 3.63) is 35.4 Å². The van der Waals surface area contributed by atoms with Gasteiger partial charge in [0.15, 0.2) is 0 Å². The van der Waals surface area contributed by atoms with Gasteiger partial charge in [-0.1, -0.05) is 6.07 Å². The van der Waals surface area contributed by atoms with Crippen molar-refractivity contribution in [2.45, 2.75) is 6.92 Å². The van der Waals surface area contributed by atoms with Crippen molar-refractivity contribution in [3.63, 3.8) is 0 Å². The molecule has 0 radical (unpaired) electrons. The number of amides is 1. The van der Waals surface area contributed by atoms with Crippen LogP contribution in [-0.2, 0) is 4.79 Å². The van der Waals surface area contributed by atoms with E-state index in [9.17, 15) is 4.79 Å². The van der Waals surface area contributed by atoms with Gasteiger partial charge in [-0.3, -0.25) is 10.0 Å². The zero-order valence-corrected chi connectivity index (χ0v) is 8.65. The van der Waals surface area contributed by atoms with Crippen LogP contribution in [-0.4, -0.2) is 18.2 Å². The van der Waals surface area contributed by atoms with Crippen LogP contribution in [0.15, 0.2) is 24.3 Å². The average molecular weight is 207 g/mol. The molecule has 0 atom stereocenters. The van der Waals surface area contributed by atoms with Crippen LogP contribution in [0.3, 0.4) is 0 Å². The van der Waals surface area contributed by atoms with Crippen LogP contribution >= 0.6 is 0 Å². The van der Waals surface area contributed by atoms with E-state index in [1.807, 2.05) is 25.1 Å². The Kier molecular flexibility index (Phi) is 3.88. The van der Waals surface area contributed by atoms with Gasteiger partial charge in [-0.25, -0.2) is 5.48 Å². The second-order valence-corrected chi connectivity index (χ2v) is 3.04. The van der Waals surface area contributed by atoms with Gasteiger partial charge in [0.05, 0.1) is 7.11 Å². The summed E-state index contributed by atoms with van der Waals surface area (Å²) in [5.74, 6) is 0.252. The molecule has 1 amide bonds. The number of nitrogens with one attached hydrogen (secondary N) is 1. The molecule has 0 bridgehead atoms. The van der Waals surface area contributed by atoms with E-state index in [2.05, 4.69) is 0 Å². The topological polar surface area (TPSA) is 58.6 Å². The third-order valence-electron chi connectivity index (χ3n) is 1.96. The summed E-state index contributed by atoms with van der Waals surface area (Å²) in [6, 6.07) is 5.54. The van der Waals surface area contributed by atoms with Crippen LogP contribution in [0.4, 0.5) is 0 Å². The largest absolute Gasteiger partial charge is 0.496 e. The zero-order chi connectivity index (χ0) is 11.3. The van der Waals surface area contributed by atoms with E-state index in [-0.39, 0.29) is 0 Å². The molecule has 0 saturated heterocycles. The normalized spacial score (nSPS) is 10.3. The third kappa shape index (κ3) is 3.11. The Bertz CT molecular complexity index is 385. The molecule has 0 saturated carbocycles. The molecule has 0 heterocycles. The summed E-state index contributed by atoms with van der Waals surface area (Å²) in [6.45, 7) is 1.92. The number of benzene rings is 1. The Morgan fingerprint density at radius 2 is 2.27 bits per heavy atom. The molecular weight excluding hydrogens is 194 g/mol. The number of carbonyl (C=O) groups is 1. The van der Waals surface area contributed by atoms with E-state index < -0.39 is 5.91 Å². The van der Waals surface area contributed by atoms with Gasteiger partial charge in [0.25, 0.3) is 5.91 Å². The van der Waals surface area contributed by atoms with Crippen molar-refractivity contribution >= 4 is 12.0 Å². The van der Waals surface area contributed by atoms with E-state index in [1.165, 1.54) is 11.6 Å². The van der Waals surface area contributed by atoms with Gasteiger partial charge in [-0.05, 0) is 36.3 Å². The van der Waals surface area contributed by atoms with Crippen molar-refractivity contribution < 1.29 is 14.7 Å². The molecule has 0 fully saturated rings. The zero-order valence-electron chi connectivity index (χ0n) is 8.65. The summed E-state index contributed by atoms with van der Waals surface area (Å²) in [5.41, 5.74) is 3.38. The van der Waals surface area contributed by atoms with Crippen molar-refractivity contribution in [2.24, 2.45) is 0 Å². The first-order chi connectivity index (χ1) is 7.17. The highest BCUT2D eigenvalue weighted by Crippen LogP contribution is 2.18. The van der Waals surface area contributed by atoms with E-state index in [0.717, 1.165) is 16.9 Å². The number of hydrogen-bond acceptors (Lipinski definition) is 3. The Morgan fingerprint density at radius 3 is 2.80 bits per heavy atom. The van der Waals surface area contributed by atoms with E-state index in [1.54, 1.807) is 13.2 Å². The molecule has 4 heteroatoms. The van der Waals surface area contributed by atoms with Gasteiger partial charge < -0.3 is 4.74 Å². The molecule has 1 aromatic carbocycles. The Balaban J connectivity index is 2.84. The summed E-state index contributed by atoms with van der Waals surface area (Å²) in [4.78, 5) is 10.7. The smallest absolute Gasteiger partial charge is 0.267 e. The molecule has 1 aromatic rings. The van der Waals surface area contributed by atoms with Crippen LogP contribution < -0.4 is 10.2 Å². The first kappa shape index (κ1) is 11.3. The minimum Gasteiger partial charge on any atom is -0.496 e. The molecule has 0 spiro atoms. The van der Waals surface area contributed by atoms with Gasteiger partial charge in [-0.2, -0.15) is 0 Å². The molecule has 0 aliphatic carbocycles. The number of rotatable bonds is 3. The van der Waals surface area contributed by atoms with Crippen LogP contribution in [0.2, 0.25) is 0 Å². The van der Waals surface area contributed by atoms with E-state index in [4.69, 9.17) is 9.94 Å². The number of ether oxygens (including phenoxy) is 1. The highest BCUT2D eigenvalue weighted by atomic mass is 16.5. The lowest BCUT2D eigenvalue weighted by atomic mass is 10.1. The van der Waals surface area contributed by atoms with Crippen LogP contribution in [0.25, 0.3) is 6.08 Å². The second-order valence-electron chi connectivity index (χ2n) is 3.04. The van der Waals surface area contributed by atoms with Crippen molar-refractivity contribution in [1.29, 1.82) is 0 Å².